The second-order valence-corrected chi connectivity index (χ2v) is 6.08. The molecule has 0 amide bonds. The first-order valence-corrected chi connectivity index (χ1v) is 6.73. The molecule has 19 heavy (non-hydrogen) atoms. The van der Waals surface area contributed by atoms with E-state index in [1.165, 1.54) is 5.56 Å². The summed E-state index contributed by atoms with van der Waals surface area (Å²) >= 11 is 0. The molecular weight excluding hydrogens is 238 g/mol. The molecule has 0 saturated heterocycles. The predicted molar refractivity (Wildman–Crippen MR) is 80.7 cm³/mol. The first-order chi connectivity index (χ1) is 8.54. The second kappa shape index (κ2) is 11.0. The largest absolute Gasteiger partial charge is 0.852 e. The zero-order chi connectivity index (χ0) is 15.5. The van der Waals surface area contributed by atoms with Gasteiger partial charge in [-0.1, -0.05) is 44.2 Å². The molecule has 1 aromatic rings. The van der Waals surface area contributed by atoms with E-state index in [1.807, 2.05) is 0 Å². The van der Waals surface area contributed by atoms with Gasteiger partial charge in [0.15, 0.2) is 0 Å². The van der Waals surface area contributed by atoms with E-state index in [9.17, 15) is 5.11 Å². The highest BCUT2D eigenvalue weighted by atomic mass is 16.3. The summed E-state index contributed by atoms with van der Waals surface area (Å²) in [5.41, 5.74) is 1.40. The standard InChI is InChI=1S/C10H16N.C3H8O.C3H7O/c1-11(2,3)9-10-7-5-4-6-8-10;2*1-3(2)4/h4-8H,9H2,1-3H3;3-4H,1-2H3;3H,1-2H3/q+1;;-1. The summed E-state index contributed by atoms with van der Waals surface area (Å²) in [5, 5.41) is 17.6. The average Bonchev–Trinajstić information content (AvgIpc) is 2.14. The molecule has 0 saturated carbocycles. The molecule has 0 aromatic heterocycles. The Balaban J connectivity index is 0. The van der Waals surface area contributed by atoms with Gasteiger partial charge in [-0.05, 0) is 13.8 Å². The van der Waals surface area contributed by atoms with Crippen molar-refractivity contribution in [2.75, 3.05) is 21.1 Å². The van der Waals surface area contributed by atoms with Crippen LogP contribution in [-0.2, 0) is 6.54 Å². The topological polar surface area (TPSA) is 43.3 Å². The van der Waals surface area contributed by atoms with E-state index in [1.54, 1.807) is 27.7 Å². The molecule has 0 spiro atoms. The first kappa shape index (κ1) is 20.4. The van der Waals surface area contributed by atoms with Gasteiger partial charge in [0.2, 0.25) is 0 Å². The Labute approximate surface area is 119 Å². The van der Waals surface area contributed by atoms with Crippen molar-refractivity contribution < 1.29 is 14.7 Å². The second-order valence-electron chi connectivity index (χ2n) is 6.08. The molecule has 112 valence electrons. The molecule has 0 heterocycles. The minimum absolute atomic E-state index is 0.167. The van der Waals surface area contributed by atoms with Gasteiger partial charge in [-0.3, -0.25) is 0 Å². The fourth-order valence-electron chi connectivity index (χ4n) is 1.13. The van der Waals surface area contributed by atoms with Gasteiger partial charge in [-0.2, -0.15) is 0 Å². The molecule has 0 aliphatic rings. The summed E-state index contributed by atoms with van der Waals surface area (Å²) in [6, 6.07) is 10.6. The van der Waals surface area contributed by atoms with E-state index in [0.29, 0.717) is 0 Å². The summed E-state index contributed by atoms with van der Waals surface area (Å²) in [6.45, 7) is 7.76. The minimum Gasteiger partial charge on any atom is -0.852 e. The molecule has 0 unspecified atom stereocenters. The van der Waals surface area contributed by atoms with Crippen LogP contribution in [-0.4, -0.2) is 42.9 Å². The Bertz CT molecular complexity index is 278. The molecule has 0 aliphatic carbocycles. The third-order valence-corrected chi connectivity index (χ3v) is 1.50. The number of rotatable bonds is 2. The number of hydrogen-bond acceptors (Lipinski definition) is 2. The van der Waals surface area contributed by atoms with Crippen molar-refractivity contribution in [2.24, 2.45) is 0 Å². The number of aliphatic hydroxyl groups is 1. The lowest BCUT2D eigenvalue weighted by Crippen LogP contribution is -2.33. The summed E-state index contributed by atoms with van der Waals surface area (Å²) in [4.78, 5) is 0. The van der Waals surface area contributed by atoms with Gasteiger partial charge in [0.1, 0.15) is 6.54 Å². The van der Waals surface area contributed by atoms with Crippen LogP contribution < -0.4 is 5.11 Å². The van der Waals surface area contributed by atoms with Crippen LogP contribution in [0.15, 0.2) is 30.3 Å². The van der Waals surface area contributed by atoms with Crippen LogP contribution in [0.2, 0.25) is 0 Å². The number of quaternary nitrogens is 1. The zero-order valence-corrected chi connectivity index (χ0v) is 13.6. The fraction of sp³-hybridized carbons (Fsp3) is 0.625. The molecule has 3 nitrogen and oxygen atoms in total. The Morgan fingerprint density at radius 1 is 1.00 bits per heavy atom. The monoisotopic (exact) mass is 269 g/mol. The van der Waals surface area contributed by atoms with E-state index in [-0.39, 0.29) is 6.10 Å². The molecule has 1 aromatic carbocycles. The Kier molecular flexibility index (Phi) is 11.8. The third-order valence-electron chi connectivity index (χ3n) is 1.50. The minimum atomic E-state index is -0.417. The van der Waals surface area contributed by atoms with Crippen LogP contribution >= 0.6 is 0 Å². The lowest BCUT2D eigenvalue weighted by Gasteiger charge is -2.23. The molecule has 3 heteroatoms. The third kappa shape index (κ3) is 26.6. The molecule has 0 radical (unpaired) electrons. The van der Waals surface area contributed by atoms with Gasteiger partial charge >= 0.3 is 0 Å². The Morgan fingerprint density at radius 3 is 1.58 bits per heavy atom. The molecule has 1 N–H and O–H groups in total. The van der Waals surface area contributed by atoms with Gasteiger partial charge in [-0.25, -0.2) is 0 Å². The van der Waals surface area contributed by atoms with Gasteiger partial charge in [0.05, 0.1) is 21.1 Å². The van der Waals surface area contributed by atoms with Crippen molar-refractivity contribution >= 4 is 0 Å². The summed E-state index contributed by atoms with van der Waals surface area (Å²) in [7, 11) is 6.60. The van der Waals surface area contributed by atoms with Crippen molar-refractivity contribution in [3.63, 3.8) is 0 Å². The maximum Gasteiger partial charge on any atom is 0.104 e. The predicted octanol–water partition coefficient (Wildman–Crippen LogP) is 2.03. The number of benzene rings is 1. The smallest absolute Gasteiger partial charge is 0.104 e. The van der Waals surface area contributed by atoms with Gasteiger partial charge in [0, 0.05) is 11.7 Å². The van der Waals surface area contributed by atoms with E-state index in [0.717, 1.165) is 11.0 Å². The summed E-state index contributed by atoms with van der Waals surface area (Å²) < 4.78 is 0.990. The maximum atomic E-state index is 9.53. The summed E-state index contributed by atoms with van der Waals surface area (Å²) in [5.74, 6) is 0. The van der Waals surface area contributed by atoms with Crippen LogP contribution in [0.1, 0.15) is 33.3 Å². The van der Waals surface area contributed by atoms with Gasteiger partial charge in [-0.15, -0.1) is 6.10 Å². The van der Waals surface area contributed by atoms with E-state index >= 15 is 0 Å². The van der Waals surface area contributed by atoms with E-state index in [2.05, 4.69) is 51.5 Å². The van der Waals surface area contributed by atoms with Gasteiger partial charge in [0.25, 0.3) is 0 Å². The van der Waals surface area contributed by atoms with Crippen LogP contribution in [0.3, 0.4) is 0 Å². The highest BCUT2D eigenvalue weighted by Gasteiger charge is 2.06. The van der Waals surface area contributed by atoms with Crippen LogP contribution in [0.4, 0.5) is 0 Å². The fourth-order valence-corrected chi connectivity index (χ4v) is 1.13. The summed E-state index contributed by atoms with van der Waals surface area (Å²) in [6.07, 6.45) is -0.583. The molecule has 0 fully saturated rings. The Morgan fingerprint density at radius 2 is 1.32 bits per heavy atom. The van der Waals surface area contributed by atoms with Crippen molar-refractivity contribution in [3.8, 4) is 0 Å². The van der Waals surface area contributed by atoms with Crippen molar-refractivity contribution in [1.82, 2.24) is 0 Å². The van der Waals surface area contributed by atoms with E-state index < -0.39 is 6.10 Å². The quantitative estimate of drug-likeness (QED) is 0.835. The first-order valence-electron chi connectivity index (χ1n) is 6.73. The Hall–Kier alpha value is -0.900. The van der Waals surface area contributed by atoms with Gasteiger partial charge < -0.3 is 14.7 Å². The normalized spacial score (nSPS) is 10.5. The molecule has 0 bridgehead atoms. The van der Waals surface area contributed by atoms with Crippen molar-refractivity contribution in [1.29, 1.82) is 0 Å². The number of hydrogen-bond donors (Lipinski definition) is 1. The number of aliphatic hydroxyl groups excluding tert-OH is 1. The lowest BCUT2D eigenvalue weighted by molar-refractivity contribution is -0.884. The maximum absolute atomic E-state index is 9.53. The molecule has 0 aliphatic heterocycles. The molecular formula is C16H31NO2. The van der Waals surface area contributed by atoms with Crippen LogP contribution in [0, 0.1) is 0 Å². The van der Waals surface area contributed by atoms with Crippen LogP contribution in [0.5, 0.6) is 0 Å². The highest BCUT2D eigenvalue weighted by molar-refractivity contribution is 5.13. The molecule has 1 rings (SSSR count). The highest BCUT2D eigenvalue weighted by Crippen LogP contribution is 2.05. The van der Waals surface area contributed by atoms with Crippen molar-refractivity contribution in [2.45, 2.75) is 46.4 Å². The average molecular weight is 269 g/mol. The number of nitrogens with zero attached hydrogens (tertiary/aromatic N) is 1. The zero-order valence-electron chi connectivity index (χ0n) is 13.6. The lowest BCUT2D eigenvalue weighted by atomic mass is 10.2. The van der Waals surface area contributed by atoms with Crippen LogP contribution in [0.25, 0.3) is 0 Å². The van der Waals surface area contributed by atoms with Crippen molar-refractivity contribution in [3.05, 3.63) is 35.9 Å². The SMILES string of the molecule is CC(C)O.CC(C)[O-].C[N+](C)(C)Cc1ccccc1. The van der Waals surface area contributed by atoms with E-state index in [4.69, 9.17) is 5.11 Å². The molecule has 0 atom stereocenters.